The predicted octanol–water partition coefficient (Wildman–Crippen LogP) is 2.58. The van der Waals surface area contributed by atoms with E-state index < -0.39 is 0 Å². The Morgan fingerprint density at radius 3 is 2.86 bits per heavy atom. The molecule has 112 valence electrons. The van der Waals surface area contributed by atoms with Crippen molar-refractivity contribution in [2.45, 2.75) is 11.7 Å². The molecule has 1 saturated heterocycles. The Balaban J connectivity index is 1.61. The molecule has 2 aromatic rings. The van der Waals surface area contributed by atoms with E-state index in [1.165, 1.54) is 30.1 Å². The quantitative estimate of drug-likeness (QED) is 0.696. The van der Waals surface area contributed by atoms with Crippen molar-refractivity contribution in [2.75, 3.05) is 0 Å². The minimum absolute atomic E-state index is 0.124. The van der Waals surface area contributed by atoms with Gasteiger partial charge in [0.1, 0.15) is 11.6 Å². The minimum Gasteiger partial charge on any atom is -0.463 e. The van der Waals surface area contributed by atoms with Crippen molar-refractivity contribution in [1.29, 1.82) is 0 Å². The summed E-state index contributed by atoms with van der Waals surface area (Å²) in [5.74, 6) is 0.171. The van der Waals surface area contributed by atoms with Crippen LogP contribution in [0.25, 0.3) is 0 Å². The second-order valence-corrected chi connectivity index (χ2v) is 5.78. The molecule has 0 spiro atoms. The molecule has 0 bridgehead atoms. The Labute approximate surface area is 130 Å². The molecule has 1 atom stereocenters. The number of hydrogen-bond donors (Lipinski definition) is 1. The van der Waals surface area contributed by atoms with Crippen molar-refractivity contribution >= 4 is 29.1 Å². The average molecular weight is 317 g/mol. The van der Waals surface area contributed by atoms with E-state index in [4.69, 9.17) is 4.42 Å². The average Bonchev–Trinajstić information content (AvgIpc) is 3.12. The van der Waals surface area contributed by atoms with E-state index in [2.05, 4.69) is 15.5 Å². The summed E-state index contributed by atoms with van der Waals surface area (Å²) in [7, 11) is 0. The van der Waals surface area contributed by atoms with Gasteiger partial charge >= 0.3 is 0 Å². The molecule has 2 heterocycles. The van der Waals surface area contributed by atoms with Gasteiger partial charge in [-0.05, 0) is 36.2 Å². The van der Waals surface area contributed by atoms with Gasteiger partial charge in [0.2, 0.25) is 5.91 Å². The smallest absolute Gasteiger partial charge is 0.239 e. The summed E-state index contributed by atoms with van der Waals surface area (Å²) >= 11 is 1.31. The molecular weight excluding hydrogens is 305 g/mol. The lowest BCUT2D eigenvalue weighted by atomic mass is 10.1. The second kappa shape index (κ2) is 6.57. The van der Waals surface area contributed by atoms with E-state index in [0.717, 1.165) is 5.56 Å². The van der Waals surface area contributed by atoms with Crippen LogP contribution in [0.1, 0.15) is 11.3 Å². The van der Waals surface area contributed by atoms with Crippen molar-refractivity contribution in [3.05, 3.63) is 59.8 Å². The first-order chi connectivity index (χ1) is 10.7. The topological polar surface area (TPSA) is 67.0 Å². The molecule has 22 heavy (non-hydrogen) atoms. The van der Waals surface area contributed by atoms with Gasteiger partial charge < -0.3 is 9.73 Å². The molecule has 1 N–H and O–H groups in total. The number of furan rings is 1. The summed E-state index contributed by atoms with van der Waals surface area (Å²) in [6.45, 7) is 0. The van der Waals surface area contributed by atoms with E-state index in [1.807, 2.05) is 0 Å². The van der Waals surface area contributed by atoms with E-state index >= 15 is 0 Å². The molecular formula is C15H12FN3O2S. The Bertz CT molecular complexity index is 711. The van der Waals surface area contributed by atoms with Crippen LogP contribution in [0, 0.1) is 5.82 Å². The van der Waals surface area contributed by atoms with Crippen LogP contribution in [-0.2, 0) is 11.2 Å². The molecule has 1 amide bonds. The van der Waals surface area contributed by atoms with Gasteiger partial charge in [0, 0.05) is 0 Å². The van der Waals surface area contributed by atoms with Crippen LogP contribution in [0.2, 0.25) is 0 Å². The molecule has 0 aliphatic carbocycles. The van der Waals surface area contributed by atoms with Gasteiger partial charge in [0.15, 0.2) is 5.17 Å². The number of amides is 1. The predicted molar refractivity (Wildman–Crippen MR) is 83.4 cm³/mol. The van der Waals surface area contributed by atoms with E-state index in [0.29, 0.717) is 17.3 Å². The maximum atomic E-state index is 12.9. The number of thioether (sulfide) groups is 1. The van der Waals surface area contributed by atoms with Crippen molar-refractivity contribution in [2.24, 2.45) is 10.2 Å². The first-order valence-corrected chi connectivity index (χ1v) is 7.45. The van der Waals surface area contributed by atoms with E-state index in [-0.39, 0.29) is 17.0 Å². The number of amidine groups is 1. The van der Waals surface area contributed by atoms with E-state index in [9.17, 15) is 9.18 Å². The highest BCUT2D eigenvalue weighted by atomic mass is 32.2. The molecule has 0 saturated carbocycles. The van der Waals surface area contributed by atoms with E-state index in [1.54, 1.807) is 30.5 Å². The number of benzene rings is 1. The fraction of sp³-hybridized carbons (Fsp3) is 0.133. The molecule has 1 fully saturated rings. The number of carbonyl (C=O) groups excluding carboxylic acids is 1. The summed E-state index contributed by atoms with van der Waals surface area (Å²) in [5.41, 5.74) is 0.898. The molecule has 7 heteroatoms. The molecule has 0 radical (unpaired) electrons. The van der Waals surface area contributed by atoms with Crippen LogP contribution in [0.15, 0.2) is 57.3 Å². The van der Waals surface area contributed by atoms with Gasteiger partial charge in [0.05, 0.1) is 17.7 Å². The number of hydrogen-bond acceptors (Lipinski definition) is 5. The molecule has 1 aromatic carbocycles. The third kappa shape index (κ3) is 3.62. The lowest BCUT2D eigenvalue weighted by Gasteiger charge is -2.04. The zero-order valence-corrected chi connectivity index (χ0v) is 12.2. The lowest BCUT2D eigenvalue weighted by molar-refractivity contribution is -0.118. The molecule has 1 aromatic heterocycles. The highest BCUT2D eigenvalue weighted by Gasteiger charge is 2.30. The molecule has 0 unspecified atom stereocenters. The van der Waals surface area contributed by atoms with Gasteiger partial charge in [-0.25, -0.2) is 4.39 Å². The summed E-state index contributed by atoms with van der Waals surface area (Å²) in [5, 5.41) is 10.6. The highest BCUT2D eigenvalue weighted by Crippen LogP contribution is 2.23. The fourth-order valence-electron chi connectivity index (χ4n) is 1.92. The summed E-state index contributed by atoms with van der Waals surface area (Å²) in [6, 6.07) is 9.62. The lowest BCUT2D eigenvalue weighted by Crippen LogP contribution is -2.25. The van der Waals surface area contributed by atoms with Gasteiger partial charge in [-0.2, -0.15) is 5.10 Å². The number of nitrogens with zero attached hydrogens (tertiary/aromatic N) is 2. The molecule has 5 nitrogen and oxygen atoms in total. The standard InChI is InChI=1S/C15H12FN3O2S/c16-11-5-3-10(4-6-11)8-13-14(20)18-15(22-13)19-17-9-12-2-1-7-21-12/h1-7,9,13H,8H2,(H,18,19,20)/b17-9-/t13-/m1/s1. The van der Waals surface area contributed by atoms with Crippen LogP contribution in [0.5, 0.6) is 0 Å². The molecule has 1 aliphatic rings. The molecule has 1 aliphatic heterocycles. The Kier molecular flexibility index (Phi) is 4.34. The SMILES string of the molecule is O=C1N/C(=N\N=C/c2ccco2)S[C@@H]1Cc1ccc(F)cc1. The van der Waals surface area contributed by atoms with Crippen molar-refractivity contribution in [1.82, 2.24) is 5.32 Å². The van der Waals surface area contributed by atoms with Crippen LogP contribution in [-0.4, -0.2) is 22.5 Å². The second-order valence-electron chi connectivity index (χ2n) is 4.59. The summed E-state index contributed by atoms with van der Waals surface area (Å²) in [6.07, 6.45) is 3.52. The fourth-order valence-corrected chi connectivity index (χ4v) is 2.89. The third-order valence-electron chi connectivity index (χ3n) is 2.99. The van der Waals surface area contributed by atoms with Crippen LogP contribution in [0.3, 0.4) is 0 Å². The Morgan fingerprint density at radius 1 is 1.32 bits per heavy atom. The van der Waals surface area contributed by atoms with Gasteiger partial charge in [-0.15, -0.1) is 5.10 Å². The zero-order chi connectivity index (χ0) is 15.4. The normalized spacial score (nSPS) is 20.0. The maximum Gasteiger partial charge on any atom is 0.239 e. The van der Waals surface area contributed by atoms with Crippen molar-refractivity contribution in [3.8, 4) is 0 Å². The summed E-state index contributed by atoms with van der Waals surface area (Å²) < 4.78 is 18.0. The molecule has 3 rings (SSSR count). The number of nitrogens with one attached hydrogen (secondary N) is 1. The van der Waals surface area contributed by atoms with Crippen LogP contribution in [0.4, 0.5) is 4.39 Å². The zero-order valence-electron chi connectivity index (χ0n) is 11.4. The van der Waals surface area contributed by atoms with Gasteiger partial charge in [-0.3, -0.25) is 4.79 Å². The summed E-state index contributed by atoms with van der Waals surface area (Å²) in [4.78, 5) is 11.9. The Morgan fingerprint density at radius 2 is 2.14 bits per heavy atom. The Hall–Kier alpha value is -2.41. The largest absolute Gasteiger partial charge is 0.463 e. The van der Waals surface area contributed by atoms with Crippen molar-refractivity contribution < 1.29 is 13.6 Å². The first-order valence-electron chi connectivity index (χ1n) is 6.57. The highest BCUT2D eigenvalue weighted by molar-refractivity contribution is 8.15. The van der Waals surface area contributed by atoms with Crippen LogP contribution < -0.4 is 5.32 Å². The number of halogens is 1. The number of rotatable bonds is 4. The monoisotopic (exact) mass is 317 g/mol. The minimum atomic E-state index is -0.290. The van der Waals surface area contributed by atoms with Gasteiger partial charge in [-0.1, -0.05) is 23.9 Å². The maximum absolute atomic E-state index is 12.9. The van der Waals surface area contributed by atoms with Crippen LogP contribution >= 0.6 is 11.8 Å². The third-order valence-corrected chi connectivity index (χ3v) is 4.06. The number of carbonyl (C=O) groups is 1. The van der Waals surface area contributed by atoms with Crippen molar-refractivity contribution in [3.63, 3.8) is 0 Å². The first kappa shape index (κ1) is 14.5. The van der Waals surface area contributed by atoms with Gasteiger partial charge in [0.25, 0.3) is 0 Å².